The molecule has 0 bridgehead atoms. The van der Waals surface area contributed by atoms with Crippen molar-refractivity contribution in [3.63, 3.8) is 0 Å². The largest absolute Gasteiger partial charge is 0.276 e. The van der Waals surface area contributed by atoms with Gasteiger partial charge in [-0.15, -0.1) is 0 Å². The van der Waals surface area contributed by atoms with Crippen molar-refractivity contribution in [1.29, 1.82) is 0 Å². The van der Waals surface area contributed by atoms with E-state index in [1.165, 1.54) is 11.1 Å². The van der Waals surface area contributed by atoms with Crippen LogP contribution in [0.4, 0.5) is 5.69 Å². The Balaban J connectivity index is 1.82. The molecule has 0 aliphatic carbocycles. The second-order valence-electron chi connectivity index (χ2n) is 7.08. The van der Waals surface area contributed by atoms with Gasteiger partial charge in [0.25, 0.3) is 11.6 Å². The fourth-order valence-corrected chi connectivity index (χ4v) is 3.85. The van der Waals surface area contributed by atoms with Gasteiger partial charge in [-0.05, 0) is 30.7 Å². The lowest BCUT2D eigenvalue weighted by Gasteiger charge is -2.22. The van der Waals surface area contributed by atoms with Crippen molar-refractivity contribution in [2.75, 3.05) is 0 Å². The molecule has 150 valence electrons. The standard InChI is InChI=1S/C23H18ClN3O3/c1-15-7-6-8-16(13-15)20-14-22(18-10-3-5-12-21(18)27(29)30)26(25-20)23(28)17-9-2-4-11-19(17)24/h2-13,22H,14H2,1H3/t22-/m1/s1. The van der Waals surface area contributed by atoms with Crippen LogP contribution in [0.1, 0.15) is 39.5 Å². The van der Waals surface area contributed by atoms with Gasteiger partial charge in [-0.3, -0.25) is 14.9 Å². The lowest BCUT2D eigenvalue weighted by atomic mass is 9.96. The summed E-state index contributed by atoms with van der Waals surface area (Å²) in [5, 5.41) is 17.8. The van der Waals surface area contributed by atoms with Gasteiger partial charge in [-0.2, -0.15) is 5.10 Å². The van der Waals surface area contributed by atoms with Gasteiger partial charge in [-0.25, -0.2) is 5.01 Å². The van der Waals surface area contributed by atoms with Crippen molar-refractivity contribution in [3.8, 4) is 0 Å². The SMILES string of the molecule is Cc1cccc(C2=NN(C(=O)c3ccccc3Cl)[C@@H](c3ccccc3[N+](=O)[O-])C2)c1. The van der Waals surface area contributed by atoms with Crippen LogP contribution in [0.3, 0.4) is 0 Å². The third kappa shape index (κ3) is 3.69. The van der Waals surface area contributed by atoms with Crippen LogP contribution < -0.4 is 0 Å². The summed E-state index contributed by atoms with van der Waals surface area (Å²) in [6.45, 7) is 1.98. The van der Waals surface area contributed by atoms with E-state index in [1.807, 2.05) is 31.2 Å². The minimum atomic E-state index is -0.606. The van der Waals surface area contributed by atoms with Crippen molar-refractivity contribution in [1.82, 2.24) is 5.01 Å². The monoisotopic (exact) mass is 419 g/mol. The van der Waals surface area contributed by atoms with E-state index in [2.05, 4.69) is 5.10 Å². The topological polar surface area (TPSA) is 75.8 Å². The summed E-state index contributed by atoms with van der Waals surface area (Å²) in [7, 11) is 0. The van der Waals surface area contributed by atoms with Crippen LogP contribution in [0.5, 0.6) is 0 Å². The van der Waals surface area contributed by atoms with Crippen LogP contribution in [0.15, 0.2) is 77.9 Å². The van der Waals surface area contributed by atoms with Gasteiger partial charge in [-0.1, -0.05) is 65.7 Å². The summed E-state index contributed by atoms with van der Waals surface area (Å²) in [5.41, 5.74) is 3.34. The fourth-order valence-electron chi connectivity index (χ4n) is 3.63. The lowest BCUT2D eigenvalue weighted by Crippen LogP contribution is -2.27. The average Bonchev–Trinajstić information content (AvgIpc) is 3.19. The molecule has 0 unspecified atom stereocenters. The first-order valence-electron chi connectivity index (χ1n) is 9.41. The Morgan fingerprint density at radius 1 is 1.10 bits per heavy atom. The molecule has 3 aromatic carbocycles. The maximum atomic E-state index is 13.3. The molecule has 0 spiro atoms. The number of halogens is 1. The Kier molecular flexibility index (Phi) is 5.33. The zero-order valence-electron chi connectivity index (χ0n) is 16.2. The zero-order chi connectivity index (χ0) is 21.3. The number of rotatable bonds is 4. The molecule has 4 rings (SSSR count). The number of amides is 1. The molecule has 0 aromatic heterocycles. The summed E-state index contributed by atoms with van der Waals surface area (Å²) in [5.74, 6) is -0.397. The molecule has 1 heterocycles. The first-order chi connectivity index (χ1) is 14.5. The molecule has 1 amide bonds. The Morgan fingerprint density at radius 2 is 1.83 bits per heavy atom. The van der Waals surface area contributed by atoms with Crippen LogP contribution in [-0.4, -0.2) is 21.6 Å². The second-order valence-corrected chi connectivity index (χ2v) is 7.49. The highest BCUT2D eigenvalue weighted by atomic mass is 35.5. The molecular formula is C23H18ClN3O3. The van der Waals surface area contributed by atoms with Gasteiger partial charge in [0, 0.05) is 12.5 Å². The van der Waals surface area contributed by atoms with Crippen LogP contribution >= 0.6 is 11.6 Å². The first kappa shape index (κ1) is 19.8. The summed E-state index contributed by atoms with van der Waals surface area (Å²) >= 11 is 6.24. The number of nitrogens with zero attached hydrogens (tertiary/aromatic N) is 3. The van der Waals surface area contributed by atoms with Gasteiger partial charge in [0.1, 0.15) is 0 Å². The van der Waals surface area contributed by atoms with Crippen LogP contribution in [0, 0.1) is 17.0 Å². The molecule has 7 heteroatoms. The third-order valence-corrected chi connectivity index (χ3v) is 5.40. The number of hydrogen-bond acceptors (Lipinski definition) is 4. The number of nitro benzene ring substituents is 1. The quantitative estimate of drug-likeness (QED) is 0.411. The van der Waals surface area contributed by atoms with E-state index in [1.54, 1.807) is 42.5 Å². The number of benzene rings is 3. The van der Waals surface area contributed by atoms with Crippen LogP contribution in [-0.2, 0) is 0 Å². The maximum absolute atomic E-state index is 13.3. The summed E-state index contributed by atoms with van der Waals surface area (Å²) in [4.78, 5) is 24.5. The van der Waals surface area contributed by atoms with Crippen molar-refractivity contribution < 1.29 is 9.72 Å². The summed E-state index contributed by atoms with van der Waals surface area (Å²) in [6.07, 6.45) is 0.366. The molecule has 0 radical (unpaired) electrons. The van der Waals surface area contributed by atoms with E-state index in [9.17, 15) is 14.9 Å². The molecular weight excluding hydrogens is 402 g/mol. The Morgan fingerprint density at radius 3 is 2.57 bits per heavy atom. The molecule has 6 nitrogen and oxygen atoms in total. The number of carbonyl (C=O) groups excluding carboxylic acids is 1. The number of nitro groups is 1. The van der Waals surface area contributed by atoms with Crippen molar-refractivity contribution in [2.24, 2.45) is 5.10 Å². The van der Waals surface area contributed by atoms with E-state index >= 15 is 0 Å². The minimum absolute atomic E-state index is 0.0415. The summed E-state index contributed by atoms with van der Waals surface area (Å²) < 4.78 is 0. The smallest absolute Gasteiger partial charge is 0.267 e. The predicted molar refractivity (Wildman–Crippen MR) is 116 cm³/mol. The van der Waals surface area contributed by atoms with Crippen LogP contribution in [0.2, 0.25) is 5.02 Å². The number of carbonyl (C=O) groups is 1. The van der Waals surface area contributed by atoms with Gasteiger partial charge in [0.05, 0.1) is 32.8 Å². The highest BCUT2D eigenvalue weighted by Gasteiger charge is 2.37. The molecule has 3 aromatic rings. The van der Waals surface area contributed by atoms with Gasteiger partial charge < -0.3 is 0 Å². The number of para-hydroxylation sites is 1. The second kappa shape index (κ2) is 8.08. The Labute approximate surface area is 178 Å². The van der Waals surface area contributed by atoms with E-state index in [0.717, 1.165) is 11.1 Å². The normalized spacial score (nSPS) is 15.7. The van der Waals surface area contributed by atoms with E-state index < -0.39 is 16.9 Å². The minimum Gasteiger partial charge on any atom is -0.267 e. The molecule has 1 aliphatic rings. The maximum Gasteiger partial charge on any atom is 0.276 e. The highest BCUT2D eigenvalue weighted by Crippen LogP contribution is 2.38. The van der Waals surface area contributed by atoms with E-state index in [4.69, 9.17) is 11.6 Å². The van der Waals surface area contributed by atoms with Gasteiger partial charge >= 0.3 is 0 Å². The van der Waals surface area contributed by atoms with Crippen molar-refractivity contribution in [3.05, 3.63) is 110 Å². The van der Waals surface area contributed by atoms with Crippen LogP contribution in [0.25, 0.3) is 0 Å². The summed E-state index contributed by atoms with van der Waals surface area (Å²) in [6, 6.07) is 20.4. The average molecular weight is 420 g/mol. The molecule has 1 aliphatic heterocycles. The van der Waals surface area contributed by atoms with E-state index in [-0.39, 0.29) is 5.69 Å². The third-order valence-electron chi connectivity index (χ3n) is 5.07. The Bertz CT molecular complexity index is 1180. The number of hydrazone groups is 1. The molecule has 30 heavy (non-hydrogen) atoms. The zero-order valence-corrected chi connectivity index (χ0v) is 16.9. The predicted octanol–water partition coefficient (Wildman–Crippen LogP) is 5.55. The van der Waals surface area contributed by atoms with Gasteiger partial charge in [0.2, 0.25) is 0 Å². The lowest BCUT2D eigenvalue weighted by molar-refractivity contribution is -0.385. The molecule has 0 N–H and O–H groups in total. The van der Waals surface area contributed by atoms with Crippen molar-refractivity contribution in [2.45, 2.75) is 19.4 Å². The number of hydrogen-bond donors (Lipinski definition) is 0. The van der Waals surface area contributed by atoms with Gasteiger partial charge in [0.15, 0.2) is 0 Å². The number of aryl methyl sites for hydroxylation is 1. The Hall–Kier alpha value is -3.51. The molecule has 0 fully saturated rings. The molecule has 1 atom stereocenters. The van der Waals surface area contributed by atoms with Crippen molar-refractivity contribution >= 4 is 28.9 Å². The molecule has 0 saturated carbocycles. The highest BCUT2D eigenvalue weighted by molar-refractivity contribution is 6.33. The fraction of sp³-hybridized carbons (Fsp3) is 0.130. The first-order valence-corrected chi connectivity index (χ1v) is 9.79. The van der Waals surface area contributed by atoms with E-state index in [0.29, 0.717) is 28.3 Å². The molecule has 0 saturated heterocycles.